The van der Waals surface area contributed by atoms with Crippen molar-refractivity contribution in [3.05, 3.63) is 35.7 Å². The third kappa shape index (κ3) is 3.81. The van der Waals surface area contributed by atoms with Crippen molar-refractivity contribution in [3.63, 3.8) is 0 Å². The largest absolute Gasteiger partial charge is 0.378 e. The fourth-order valence-electron chi connectivity index (χ4n) is 3.07. The predicted molar refractivity (Wildman–Crippen MR) is 88.8 cm³/mol. The van der Waals surface area contributed by atoms with E-state index in [-0.39, 0.29) is 0 Å². The molecular formula is C18H25N3O. The number of nitrogens with zero attached hydrogens (tertiary/aromatic N) is 3. The Morgan fingerprint density at radius 2 is 2.00 bits per heavy atom. The molecule has 1 fully saturated rings. The molecule has 1 aliphatic rings. The molecule has 1 saturated heterocycles. The lowest BCUT2D eigenvalue weighted by atomic mass is 10.1. The van der Waals surface area contributed by atoms with Crippen molar-refractivity contribution in [3.8, 4) is 0 Å². The summed E-state index contributed by atoms with van der Waals surface area (Å²) in [6.07, 6.45) is 5.31. The van der Waals surface area contributed by atoms with Crippen LogP contribution >= 0.6 is 0 Å². The number of hydrogen-bond acceptors (Lipinski definition) is 4. The fourth-order valence-corrected chi connectivity index (χ4v) is 3.07. The van der Waals surface area contributed by atoms with E-state index >= 15 is 0 Å². The summed E-state index contributed by atoms with van der Waals surface area (Å²) in [5.41, 5.74) is 4.07. The van der Waals surface area contributed by atoms with Crippen molar-refractivity contribution in [1.29, 1.82) is 0 Å². The van der Waals surface area contributed by atoms with Gasteiger partial charge in [-0.1, -0.05) is 12.1 Å². The zero-order valence-corrected chi connectivity index (χ0v) is 13.6. The molecule has 1 atom stereocenters. The Hall–Kier alpha value is -1.52. The first-order valence-electron chi connectivity index (χ1n) is 8.25. The molecule has 0 radical (unpaired) electrons. The summed E-state index contributed by atoms with van der Waals surface area (Å²) in [6.45, 7) is 4.93. The third-order valence-electron chi connectivity index (χ3n) is 4.35. The van der Waals surface area contributed by atoms with E-state index in [1.54, 1.807) is 0 Å². The van der Waals surface area contributed by atoms with Crippen LogP contribution in [-0.4, -0.2) is 41.2 Å². The van der Waals surface area contributed by atoms with Crippen molar-refractivity contribution in [2.75, 3.05) is 20.2 Å². The molecule has 0 saturated carbocycles. The smallest absolute Gasteiger partial charge is 0.0890 e. The number of hydrogen-bond donors (Lipinski definition) is 0. The van der Waals surface area contributed by atoms with Crippen LogP contribution in [0.5, 0.6) is 0 Å². The number of ether oxygens (including phenoxy) is 1. The Morgan fingerprint density at radius 1 is 1.23 bits per heavy atom. The van der Waals surface area contributed by atoms with Gasteiger partial charge in [-0.3, -0.25) is 0 Å². The Morgan fingerprint density at radius 3 is 2.73 bits per heavy atom. The van der Waals surface area contributed by atoms with E-state index in [9.17, 15) is 0 Å². The topological polar surface area (TPSA) is 38.2 Å². The molecule has 1 aliphatic heterocycles. The molecule has 0 bridgehead atoms. The second kappa shape index (κ2) is 7.16. The van der Waals surface area contributed by atoms with Gasteiger partial charge < -0.3 is 9.64 Å². The van der Waals surface area contributed by atoms with Crippen LogP contribution in [0.3, 0.4) is 0 Å². The highest BCUT2D eigenvalue weighted by Gasteiger charge is 2.15. The second-order valence-corrected chi connectivity index (χ2v) is 6.26. The minimum absolute atomic E-state index is 0.496. The molecule has 0 unspecified atom stereocenters. The van der Waals surface area contributed by atoms with Gasteiger partial charge in [-0.05, 0) is 58.3 Å². The molecule has 3 rings (SSSR count). The van der Waals surface area contributed by atoms with Gasteiger partial charge >= 0.3 is 0 Å². The summed E-state index contributed by atoms with van der Waals surface area (Å²) in [5.74, 6) is 0. The molecular weight excluding hydrogens is 274 g/mol. The maximum Gasteiger partial charge on any atom is 0.0890 e. The average Bonchev–Trinajstić information content (AvgIpc) is 3.01. The second-order valence-electron chi connectivity index (χ2n) is 6.26. The van der Waals surface area contributed by atoms with E-state index in [1.807, 2.05) is 24.3 Å². The monoisotopic (exact) mass is 299 g/mol. The molecule has 0 aliphatic carbocycles. The van der Waals surface area contributed by atoms with Gasteiger partial charge in [0.15, 0.2) is 0 Å². The van der Waals surface area contributed by atoms with Gasteiger partial charge in [0.1, 0.15) is 0 Å². The Balaban J connectivity index is 1.56. The number of aryl methyl sites for hydroxylation is 1. The number of benzene rings is 1. The van der Waals surface area contributed by atoms with Crippen LogP contribution < -0.4 is 0 Å². The van der Waals surface area contributed by atoms with Crippen LogP contribution in [0.4, 0.5) is 0 Å². The van der Waals surface area contributed by atoms with Crippen LogP contribution in [0.15, 0.2) is 24.3 Å². The number of rotatable bonds is 6. The Bertz CT molecular complexity index is 623. The van der Waals surface area contributed by atoms with Gasteiger partial charge in [0.2, 0.25) is 0 Å². The Kier molecular flexibility index (Phi) is 5.01. The van der Waals surface area contributed by atoms with Crippen LogP contribution in [0.1, 0.15) is 37.1 Å². The van der Waals surface area contributed by atoms with E-state index < -0.39 is 0 Å². The van der Waals surface area contributed by atoms with E-state index in [0.717, 1.165) is 42.1 Å². The standard InChI is InChI=1S/C18H25N3O/c1-14-18(20-17-10-4-3-9-16(17)19-14)13-21(2)11-5-7-15-8-6-12-22-15/h3-4,9-10,15H,5-8,11-13H2,1-2H3/t15-/m1/s1. The van der Waals surface area contributed by atoms with Crippen molar-refractivity contribution in [2.45, 2.75) is 45.3 Å². The summed E-state index contributed by atoms with van der Waals surface area (Å²) in [4.78, 5) is 11.8. The summed E-state index contributed by atoms with van der Waals surface area (Å²) in [5, 5.41) is 0. The zero-order chi connectivity index (χ0) is 15.4. The van der Waals surface area contributed by atoms with E-state index in [1.165, 1.54) is 25.7 Å². The molecule has 4 nitrogen and oxygen atoms in total. The van der Waals surface area contributed by atoms with Crippen LogP contribution in [0, 0.1) is 6.92 Å². The molecule has 2 aromatic rings. The maximum absolute atomic E-state index is 5.68. The van der Waals surface area contributed by atoms with Crippen molar-refractivity contribution >= 4 is 11.0 Å². The molecule has 4 heteroatoms. The minimum Gasteiger partial charge on any atom is -0.378 e. The van der Waals surface area contributed by atoms with Crippen LogP contribution in [-0.2, 0) is 11.3 Å². The molecule has 1 aromatic heterocycles. The predicted octanol–water partition coefficient (Wildman–Crippen LogP) is 3.33. The SMILES string of the molecule is Cc1nc2ccccc2nc1CN(C)CCC[C@@H]1CCCO1. The highest BCUT2D eigenvalue weighted by atomic mass is 16.5. The van der Waals surface area contributed by atoms with Gasteiger partial charge in [-0.2, -0.15) is 0 Å². The summed E-state index contributed by atoms with van der Waals surface area (Å²) >= 11 is 0. The van der Waals surface area contributed by atoms with Crippen molar-refractivity contribution in [1.82, 2.24) is 14.9 Å². The van der Waals surface area contributed by atoms with Gasteiger partial charge in [0.05, 0.1) is 28.5 Å². The first-order valence-corrected chi connectivity index (χ1v) is 8.25. The van der Waals surface area contributed by atoms with Crippen molar-refractivity contribution < 1.29 is 4.74 Å². The lowest BCUT2D eigenvalue weighted by Gasteiger charge is -2.18. The molecule has 0 N–H and O–H groups in total. The Labute approximate surface area is 132 Å². The highest BCUT2D eigenvalue weighted by Crippen LogP contribution is 2.17. The highest BCUT2D eigenvalue weighted by molar-refractivity contribution is 5.74. The quantitative estimate of drug-likeness (QED) is 0.820. The van der Waals surface area contributed by atoms with Crippen LogP contribution in [0.25, 0.3) is 11.0 Å². The minimum atomic E-state index is 0.496. The van der Waals surface area contributed by atoms with Crippen LogP contribution in [0.2, 0.25) is 0 Å². The number of aromatic nitrogens is 2. The van der Waals surface area contributed by atoms with Gasteiger partial charge in [-0.15, -0.1) is 0 Å². The van der Waals surface area contributed by atoms with E-state index in [4.69, 9.17) is 9.72 Å². The first-order chi connectivity index (χ1) is 10.7. The van der Waals surface area contributed by atoms with E-state index in [2.05, 4.69) is 23.9 Å². The zero-order valence-electron chi connectivity index (χ0n) is 13.6. The lowest BCUT2D eigenvalue weighted by molar-refractivity contribution is 0.0994. The summed E-state index contributed by atoms with van der Waals surface area (Å²) in [7, 11) is 2.16. The molecule has 0 spiro atoms. The average molecular weight is 299 g/mol. The third-order valence-corrected chi connectivity index (χ3v) is 4.35. The molecule has 0 amide bonds. The summed E-state index contributed by atoms with van der Waals surface area (Å²) in [6, 6.07) is 8.07. The van der Waals surface area contributed by atoms with Gasteiger partial charge in [0, 0.05) is 13.2 Å². The molecule has 1 aromatic carbocycles. The fraction of sp³-hybridized carbons (Fsp3) is 0.556. The van der Waals surface area contributed by atoms with Gasteiger partial charge in [0.25, 0.3) is 0 Å². The molecule has 2 heterocycles. The molecule has 118 valence electrons. The van der Waals surface area contributed by atoms with E-state index in [0.29, 0.717) is 6.10 Å². The number of fused-ring (bicyclic) bond motifs is 1. The van der Waals surface area contributed by atoms with Crippen molar-refractivity contribution in [2.24, 2.45) is 0 Å². The van der Waals surface area contributed by atoms with Gasteiger partial charge in [-0.25, -0.2) is 9.97 Å². The lowest BCUT2D eigenvalue weighted by Crippen LogP contribution is -2.22. The normalized spacial score (nSPS) is 18.4. The number of para-hydroxylation sites is 2. The molecule has 22 heavy (non-hydrogen) atoms. The first kappa shape index (κ1) is 15.4. The maximum atomic E-state index is 5.68. The summed E-state index contributed by atoms with van der Waals surface area (Å²) < 4.78 is 5.68.